The predicted molar refractivity (Wildman–Crippen MR) is 87.8 cm³/mol. The molecule has 0 fully saturated rings. The van der Waals surface area contributed by atoms with Crippen molar-refractivity contribution in [1.29, 1.82) is 0 Å². The summed E-state index contributed by atoms with van der Waals surface area (Å²) in [5.74, 6) is 0.871. The lowest BCUT2D eigenvalue weighted by atomic mass is 10.1. The van der Waals surface area contributed by atoms with Gasteiger partial charge in [-0.1, -0.05) is 13.8 Å². The zero-order valence-corrected chi connectivity index (χ0v) is 13.8. The molecule has 4 nitrogen and oxygen atoms in total. The van der Waals surface area contributed by atoms with Gasteiger partial charge in [-0.05, 0) is 57.9 Å². The van der Waals surface area contributed by atoms with E-state index >= 15 is 0 Å². The van der Waals surface area contributed by atoms with Gasteiger partial charge in [0.2, 0.25) is 5.91 Å². The Morgan fingerprint density at radius 3 is 2.14 bits per heavy atom. The molecular formula is C17H28N2O2. The zero-order valence-electron chi connectivity index (χ0n) is 13.8. The second-order valence-corrected chi connectivity index (χ2v) is 5.58. The van der Waals surface area contributed by atoms with Crippen LogP contribution in [-0.4, -0.2) is 24.1 Å². The highest BCUT2D eigenvalue weighted by Gasteiger charge is 2.15. The van der Waals surface area contributed by atoms with Gasteiger partial charge in [0.05, 0.1) is 6.10 Å². The lowest BCUT2D eigenvalue weighted by Crippen LogP contribution is -2.42. The van der Waals surface area contributed by atoms with Crippen molar-refractivity contribution < 1.29 is 9.53 Å². The summed E-state index contributed by atoms with van der Waals surface area (Å²) >= 11 is 0. The molecule has 21 heavy (non-hydrogen) atoms. The van der Waals surface area contributed by atoms with Gasteiger partial charge < -0.3 is 15.4 Å². The van der Waals surface area contributed by atoms with Crippen molar-refractivity contribution in [2.45, 2.75) is 65.6 Å². The largest absolute Gasteiger partial charge is 0.491 e. The molecule has 0 aromatic heterocycles. The average molecular weight is 292 g/mol. The summed E-state index contributed by atoms with van der Waals surface area (Å²) in [4.78, 5) is 12.1. The topological polar surface area (TPSA) is 50.4 Å². The Bertz CT molecular complexity index is 425. The number of hydrogen-bond donors (Lipinski definition) is 2. The van der Waals surface area contributed by atoms with Crippen LogP contribution in [0, 0.1) is 0 Å². The first-order valence-corrected chi connectivity index (χ1v) is 7.79. The molecule has 0 aliphatic rings. The molecule has 1 amide bonds. The third-order valence-corrected chi connectivity index (χ3v) is 3.33. The van der Waals surface area contributed by atoms with E-state index in [9.17, 15) is 4.79 Å². The maximum absolute atomic E-state index is 12.1. The first-order valence-electron chi connectivity index (χ1n) is 7.79. The fourth-order valence-corrected chi connectivity index (χ4v) is 2.04. The minimum absolute atomic E-state index is 0.0335. The molecule has 0 heterocycles. The second-order valence-electron chi connectivity index (χ2n) is 5.58. The summed E-state index contributed by atoms with van der Waals surface area (Å²) < 4.78 is 5.60. The van der Waals surface area contributed by atoms with Gasteiger partial charge in [0.15, 0.2) is 0 Å². The number of nitrogens with one attached hydrogen (secondary N) is 2. The van der Waals surface area contributed by atoms with Crippen LogP contribution in [0.3, 0.4) is 0 Å². The van der Waals surface area contributed by atoms with E-state index in [2.05, 4.69) is 24.5 Å². The summed E-state index contributed by atoms with van der Waals surface area (Å²) in [7, 11) is 0. The molecule has 2 N–H and O–H groups in total. The van der Waals surface area contributed by atoms with Crippen LogP contribution in [0.15, 0.2) is 24.3 Å². The fraction of sp³-hybridized carbons (Fsp3) is 0.588. The van der Waals surface area contributed by atoms with E-state index < -0.39 is 0 Å². The number of hydrogen-bond acceptors (Lipinski definition) is 3. The highest BCUT2D eigenvalue weighted by molar-refractivity contribution is 5.84. The van der Waals surface area contributed by atoms with E-state index in [1.165, 1.54) is 0 Å². The number of amides is 1. The highest BCUT2D eigenvalue weighted by atomic mass is 16.5. The van der Waals surface area contributed by atoms with E-state index in [4.69, 9.17) is 4.74 Å². The predicted octanol–water partition coefficient (Wildman–Crippen LogP) is 3.58. The van der Waals surface area contributed by atoms with E-state index in [-0.39, 0.29) is 24.1 Å². The lowest BCUT2D eigenvalue weighted by molar-refractivity contribution is -0.122. The SMILES string of the molecule is CCC(CC)NC(=O)C(C)Nc1ccc(OC(C)C)cc1. The molecular weight excluding hydrogens is 264 g/mol. The van der Waals surface area contributed by atoms with Crippen LogP contribution in [0.25, 0.3) is 0 Å². The molecule has 0 saturated heterocycles. The maximum Gasteiger partial charge on any atom is 0.242 e. The van der Waals surface area contributed by atoms with Crippen molar-refractivity contribution in [3.63, 3.8) is 0 Å². The first-order chi connectivity index (χ1) is 9.96. The van der Waals surface area contributed by atoms with Crippen molar-refractivity contribution in [3.8, 4) is 5.75 Å². The molecule has 1 rings (SSSR count). The highest BCUT2D eigenvalue weighted by Crippen LogP contribution is 2.17. The molecule has 118 valence electrons. The van der Waals surface area contributed by atoms with Gasteiger partial charge >= 0.3 is 0 Å². The third kappa shape index (κ3) is 6.06. The van der Waals surface area contributed by atoms with Gasteiger partial charge in [-0.15, -0.1) is 0 Å². The van der Waals surface area contributed by atoms with Gasteiger partial charge in [-0.2, -0.15) is 0 Å². The number of carbonyl (C=O) groups is 1. The second kappa shape index (κ2) is 8.55. The molecule has 1 atom stereocenters. The molecule has 0 aliphatic heterocycles. The summed E-state index contributed by atoms with van der Waals surface area (Å²) in [5, 5.41) is 6.26. The number of anilines is 1. The van der Waals surface area contributed by atoms with Gasteiger partial charge in [0, 0.05) is 11.7 Å². The molecule has 0 spiro atoms. The summed E-state index contributed by atoms with van der Waals surface area (Å²) in [6, 6.07) is 7.67. The fourth-order valence-electron chi connectivity index (χ4n) is 2.04. The van der Waals surface area contributed by atoms with Gasteiger partial charge in [-0.3, -0.25) is 4.79 Å². The quantitative estimate of drug-likeness (QED) is 0.770. The van der Waals surface area contributed by atoms with Crippen LogP contribution >= 0.6 is 0 Å². The Hall–Kier alpha value is -1.71. The number of rotatable bonds is 8. The minimum atomic E-state index is -0.262. The number of ether oxygens (including phenoxy) is 1. The standard InChI is InChI=1S/C17H28N2O2/c1-6-14(7-2)19-17(20)13(5)18-15-8-10-16(11-9-15)21-12(3)4/h8-14,18H,6-7H2,1-5H3,(H,19,20). The normalized spacial score (nSPS) is 12.3. The van der Waals surface area contributed by atoms with Gasteiger partial charge in [0.25, 0.3) is 0 Å². The molecule has 1 aromatic rings. The van der Waals surface area contributed by atoms with Crippen LogP contribution in [0.5, 0.6) is 5.75 Å². The summed E-state index contributed by atoms with van der Waals surface area (Å²) in [6.45, 7) is 10.0. The van der Waals surface area contributed by atoms with Crippen LogP contribution in [0.1, 0.15) is 47.5 Å². The average Bonchev–Trinajstić information content (AvgIpc) is 2.45. The monoisotopic (exact) mass is 292 g/mol. The van der Waals surface area contributed by atoms with E-state index in [1.807, 2.05) is 45.0 Å². The Kier molecular flexibility index (Phi) is 7.06. The molecule has 0 saturated carbocycles. The van der Waals surface area contributed by atoms with Crippen LogP contribution in [0.2, 0.25) is 0 Å². The smallest absolute Gasteiger partial charge is 0.242 e. The molecule has 0 aliphatic carbocycles. The minimum Gasteiger partial charge on any atom is -0.491 e. The van der Waals surface area contributed by atoms with Crippen molar-refractivity contribution in [3.05, 3.63) is 24.3 Å². The van der Waals surface area contributed by atoms with E-state index in [0.29, 0.717) is 0 Å². The first kappa shape index (κ1) is 17.3. The van der Waals surface area contributed by atoms with Gasteiger partial charge in [0.1, 0.15) is 11.8 Å². The lowest BCUT2D eigenvalue weighted by Gasteiger charge is -2.20. The van der Waals surface area contributed by atoms with Crippen LogP contribution in [0.4, 0.5) is 5.69 Å². The van der Waals surface area contributed by atoms with E-state index in [0.717, 1.165) is 24.3 Å². The van der Waals surface area contributed by atoms with Crippen molar-refractivity contribution in [2.75, 3.05) is 5.32 Å². The summed E-state index contributed by atoms with van der Waals surface area (Å²) in [5.41, 5.74) is 0.915. The molecule has 0 bridgehead atoms. The molecule has 1 unspecified atom stereocenters. The van der Waals surface area contributed by atoms with Crippen LogP contribution in [-0.2, 0) is 4.79 Å². The Morgan fingerprint density at radius 1 is 1.10 bits per heavy atom. The molecule has 0 radical (unpaired) electrons. The Labute approximate surface area is 128 Å². The van der Waals surface area contributed by atoms with Crippen molar-refractivity contribution in [1.82, 2.24) is 5.32 Å². The molecule has 4 heteroatoms. The number of carbonyl (C=O) groups excluding carboxylic acids is 1. The molecule has 1 aromatic carbocycles. The van der Waals surface area contributed by atoms with Crippen molar-refractivity contribution >= 4 is 11.6 Å². The Morgan fingerprint density at radius 2 is 1.67 bits per heavy atom. The summed E-state index contributed by atoms with van der Waals surface area (Å²) in [6.07, 6.45) is 2.07. The van der Waals surface area contributed by atoms with Crippen molar-refractivity contribution in [2.24, 2.45) is 0 Å². The maximum atomic E-state index is 12.1. The van der Waals surface area contributed by atoms with E-state index in [1.54, 1.807) is 0 Å². The van der Waals surface area contributed by atoms with Gasteiger partial charge in [-0.25, -0.2) is 0 Å². The number of benzene rings is 1. The Balaban J connectivity index is 2.53. The third-order valence-electron chi connectivity index (χ3n) is 3.33. The zero-order chi connectivity index (χ0) is 15.8. The van der Waals surface area contributed by atoms with Crippen LogP contribution < -0.4 is 15.4 Å².